The van der Waals surface area contributed by atoms with Crippen LogP contribution in [0.3, 0.4) is 0 Å². The molecule has 1 rings (SSSR count). The van der Waals surface area contributed by atoms with Gasteiger partial charge in [-0.3, -0.25) is 4.79 Å². The van der Waals surface area contributed by atoms with Crippen LogP contribution < -0.4 is 11.1 Å². The van der Waals surface area contributed by atoms with Crippen LogP contribution in [0.25, 0.3) is 0 Å². The van der Waals surface area contributed by atoms with E-state index >= 15 is 0 Å². The molecule has 3 nitrogen and oxygen atoms in total. The second kappa shape index (κ2) is 7.23. The summed E-state index contributed by atoms with van der Waals surface area (Å²) < 4.78 is 37.1. The molecule has 0 aliphatic carbocycles. The van der Waals surface area contributed by atoms with Crippen molar-refractivity contribution in [2.24, 2.45) is 5.73 Å². The number of carbonyl (C=O) groups is 1. The summed E-state index contributed by atoms with van der Waals surface area (Å²) in [5, 5.41) is 2.66. The third kappa shape index (κ3) is 6.01. The van der Waals surface area contributed by atoms with E-state index in [0.717, 1.165) is 12.1 Å². The molecule has 0 aliphatic heterocycles. The van der Waals surface area contributed by atoms with Crippen molar-refractivity contribution in [2.75, 3.05) is 6.54 Å². The van der Waals surface area contributed by atoms with Crippen LogP contribution in [-0.4, -0.2) is 17.4 Å². The Morgan fingerprint density at radius 3 is 2.35 bits per heavy atom. The highest BCUT2D eigenvalue weighted by Gasteiger charge is 2.29. The Labute approximate surface area is 120 Å². The Morgan fingerprint density at radius 2 is 1.85 bits per heavy atom. The fourth-order valence-electron chi connectivity index (χ4n) is 1.55. The number of benzene rings is 1. The number of carbonyl (C=O) groups excluding carboxylic acids is 1. The lowest BCUT2D eigenvalue weighted by Crippen LogP contribution is -2.26. The van der Waals surface area contributed by atoms with E-state index in [0.29, 0.717) is 29.9 Å². The van der Waals surface area contributed by atoms with Gasteiger partial charge in [0.15, 0.2) is 0 Å². The zero-order valence-electron chi connectivity index (χ0n) is 10.7. The van der Waals surface area contributed by atoms with Crippen LogP contribution in [0, 0.1) is 0 Å². The second-order valence-electron chi connectivity index (χ2n) is 4.29. The molecule has 110 valence electrons. The van der Waals surface area contributed by atoms with Gasteiger partial charge in [-0.25, -0.2) is 0 Å². The quantitative estimate of drug-likeness (QED) is 0.627. The molecule has 0 saturated heterocycles. The van der Waals surface area contributed by atoms with E-state index in [1.165, 1.54) is 12.1 Å². The fraction of sp³-hybridized carbons (Fsp3) is 0.385. The van der Waals surface area contributed by atoms with Crippen molar-refractivity contribution in [3.05, 3.63) is 35.4 Å². The molecule has 0 spiro atoms. The molecule has 0 atom stereocenters. The van der Waals surface area contributed by atoms with Crippen molar-refractivity contribution < 1.29 is 18.0 Å². The maximum Gasteiger partial charge on any atom is 0.416 e. The highest BCUT2D eigenvalue weighted by atomic mass is 32.1. The largest absolute Gasteiger partial charge is 0.416 e. The third-order valence-corrected chi connectivity index (χ3v) is 2.77. The van der Waals surface area contributed by atoms with Crippen molar-refractivity contribution in [2.45, 2.75) is 25.4 Å². The van der Waals surface area contributed by atoms with Crippen LogP contribution in [0.4, 0.5) is 13.2 Å². The van der Waals surface area contributed by atoms with Crippen molar-refractivity contribution >= 4 is 23.1 Å². The van der Waals surface area contributed by atoms with Crippen molar-refractivity contribution in [3.63, 3.8) is 0 Å². The summed E-state index contributed by atoms with van der Waals surface area (Å²) >= 11 is 4.69. The van der Waals surface area contributed by atoms with Crippen LogP contribution >= 0.6 is 12.2 Å². The number of hydrogen-bond donors (Lipinski definition) is 2. The van der Waals surface area contributed by atoms with Gasteiger partial charge in [-0.1, -0.05) is 24.4 Å². The minimum atomic E-state index is -4.36. The van der Waals surface area contributed by atoms with Gasteiger partial charge < -0.3 is 11.1 Å². The Hall–Kier alpha value is -1.63. The SMILES string of the molecule is NC(=S)CCCNC(=O)Cc1ccc(C(F)(F)F)cc1. The maximum atomic E-state index is 12.4. The van der Waals surface area contributed by atoms with Crippen molar-refractivity contribution in [1.29, 1.82) is 0 Å². The van der Waals surface area contributed by atoms with E-state index in [1.54, 1.807) is 0 Å². The zero-order chi connectivity index (χ0) is 15.2. The predicted octanol–water partition coefficient (Wildman–Crippen LogP) is 2.43. The van der Waals surface area contributed by atoms with E-state index in [1.807, 2.05) is 0 Å². The molecule has 1 amide bonds. The smallest absolute Gasteiger partial charge is 0.393 e. The molecule has 0 fully saturated rings. The summed E-state index contributed by atoms with van der Waals surface area (Å²) in [5.74, 6) is -0.243. The number of thiocarbonyl (C=S) groups is 1. The van der Waals surface area contributed by atoms with Gasteiger partial charge in [-0.2, -0.15) is 13.2 Å². The van der Waals surface area contributed by atoms with Crippen molar-refractivity contribution in [1.82, 2.24) is 5.32 Å². The Morgan fingerprint density at radius 1 is 1.25 bits per heavy atom. The Bertz CT molecular complexity index is 471. The third-order valence-electron chi connectivity index (χ3n) is 2.57. The number of rotatable bonds is 6. The van der Waals surface area contributed by atoms with Gasteiger partial charge >= 0.3 is 6.18 Å². The first-order valence-corrected chi connectivity index (χ1v) is 6.41. The molecule has 0 aromatic heterocycles. The molecule has 0 aliphatic rings. The topological polar surface area (TPSA) is 55.1 Å². The number of amides is 1. The first-order valence-electron chi connectivity index (χ1n) is 6.00. The molecular weight excluding hydrogens is 289 g/mol. The standard InChI is InChI=1S/C13H15F3N2OS/c14-13(15,16)10-5-3-9(4-6-10)8-12(19)18-7-1-2-11(17)20/h3-6H,1-2,7-8H2,(H2,17,20)(H,18,19). The number of halogens is 3. The lowest BCUT2D eigenvalue weighted by molar-refractivity contribution is -0.137. The highest BCUT2D eigenvalue weighted by molar-refractivity contribution is 7.80. The highest BCUT2D eigenvalue weighted by Crippen LogP contribution is 2.29. The van der Waals surface area contributed by atoms with E-state index < -0.39 is 11.7 Å². The van der Waals surface area contributed by atoms with E-state index in [9.17, 15) is 18.0 Å². The minimum absolute atomic E-state index is 0.0468. The van der Waals surface area contributed by atoms with Crippen LogP contribution in [0.5, 0.6) is 0 Å². The normalized spacial score (nSPS) is 11.2. The first-order chi connectivity index (χ1) is 9.29. The van der Waals surface area contributed by atoms with Gasteiger partial charge in [0.25, 0.3) is 0 Å². The molecule has 3 N–H and O–H groups in total. The average Bonchev–Trinajstić information content (AvgIpc) is 2.34. The summed E-state index contributed by atoms with van der Waals surface area (Å²) in [6, 6.07) is 4.54. The van der Waals surface area contributed by atoms with E-state index in [4.69, 9.17) is 18.0 Å². The number of nitrogens with two attached hydrogens (primary N) is 1. The Balaban J connectivity index is 2.41. The zero-order valence-corrected chi connectivity index (χ0v) is 11.5. The van der Waals surface area contributed by atoms with E-state index in [-0.39, 0.29) is 12.3 Å². The molecule has 1 aromatic rings. The lowest BCUT2D eigenvalue weighted by Gasteiger charge is -2.08. The lowest BCUT2D eigenvalue weighted by atomic mass is 10.1. The number of nitrogens with one attached hydrogen (secondary N) is 1. The van der Waals surface area contributed by atoms with Crippen LogP contribution in [-0.2, 0) is 17.4 Å². The van der Waals surface area contributed by atoms with Gasteiger partial charge in [0.05, 0.1) is 17.0 Å². The van der Waals surface area contributed by atoms with Gasteiger partial charge in [0.1, 0.15) is 0 Å². The first kappa shape index (κ1) is 16.4. The number of hydrogen-bond acceptors (Lipinski definition) is 2. The van der Waals surface area contributed by atoms with Gasteiger partial charge in [0.2, 0.25) is 5.91 Å². The summed E-state index contributed by atoms with van der Waals surface area (Å²) in [6.45, 7) is 0.441. The average molecular weight is 304 g/mol. The van der Waals surface area contributed by atoms with Gasteiger partial charge in [-0.15, -0.1) is 0 Å². The molecule has 7 heteroatoms. The van der Waals surface area contributed by atoms with Crippen LogP contribution in [0.15, 0.2) is 24.3 Å². The summed E-state index contributed by atoms with van der Waals surface area (Å²) in [6.07, 6.45) is -3.11. The monoisotopic (exact) mass is 304 g/mol. The van der Waals surface area contributed by atoms with E-state index in [2.05, 4.69) is 5.32 Å². The maximum absolute atomic E-state index is 12.4. The Kier molecular flexibility index (Phi) is 5.94. The minimum Gasteiger partial charge on any atom is -0.393 e. The molecule has 0 bridgehead atoms. The second-order valence-corrected chi connectivity index (χ2v) is 4.82. The van der Waals surface area contributed by atoms with Gasteiger partial charge in [0, 0.05) is 6.54 Å². The molecule has 0 unspecified atom stereocenters. The van der Waals surface area contributed by atoms with Crippen LogP contribution in [0.1, 0.15) is 24.0 Å². The number of alkyl halides is 3. The molecule has 0 radical (unpaired) electrons. The fourth-order valence-corrected chi connectivity index (χ4v) is 1.69. The summed E-state index contributed by atoms with van der Waals surface area (Å²) in [7, 11) is 0. The molecule has 0 saturated carbocycles. The summed E-state index contributed by atoms with van der Waals surface area (Å²) in [5.41, 5.74) is 5.12. The summed E-state index contributed by atoms with van der Waals surface area (Å²) in [4.78, 5) is 11.9. The molecule has 1 aromatic carbocycles. The van der Waals surface area contributed by atoms with Gasteiger partial charge in [-0.05, 0) is 30.5 Å². The predicted molar refractivity (Wildman–Crippen MR) is 74.2 cm³/mol. The van der Waals surface area contributed by atoms with Crippen LogP contribution in [0.2, 0.25) is 0 Å². The molecular formula is C13H15F3N2OS. The van der Waals surface area contributed by atoms with Crippen molar-refractivity contribution in [3.8, 4) is 0 Å². The molecule has 0 heterocycles. The molecule has 20 heavy (non-hydrogen) atoms.